The predicted molar refractivity (Wildman–Crippen MR) is 193 cm³/mol. The topological polar surface area (TPSA) is 114 Å². The quantitative estimate of drug-likeness (QED) is 0.0670. The molecule has 2 amide bonds. The van der Waals surface area contributed by atoms with Gasteiger partial charge in [0.15, 0.2) is 23.2 Å². The van der Waals surface area contributed by atoms with Crippen LogP contribution in [0.2, 0.25) is 5.02 Å². The molecular weight excluding hydrogens is 737 g/mol. The number of halogens is 2. The zero-order chi connectivity index (χ0) is 32.5. The molecule has 0 saturated carbocycles. The number of benzene rings is 4. The number of carbonyl (C=O) groups excluding carboxylic acids is 2. The molecule has 12 heteroatoms. The van der Waals surface area contributed by atoms with Crippen molar-refractivity contribution in [1.29, 1.82) is 0 Å². The highest BCUT2D eigenvalue weighted by molar-refractivity contribution is 14.1. The van der Waals surface area contributed by atoms with Crippen molar-refractivity contribution in [3.63, 3.8) is 0 Å². The molecule has 1 aromatic heterocycles. The number of thiazole rings is 1. The smallest absolute Gasteiger partial charge is 0.271 e. The van der Waals surface area contributed by atoms with Gasteiger partial charge in [0.05, 0.1) is 32.8 Å². The van der Waals surface area contributed by atoms with Crippen LogP contribution in [0.1, 0.15) is 28.4 Å². The van der Waals surface area contributed by atoms with Crippen molar-refractivity contribution in [1.82, 2.24) is 10.4 Å². The van der Waals surface area contributed by atoms with Gasteiger partial charge in [0.2, 0.25) is 0 Å². The Hall–Kier alpha value is -4.46. The molecule has 0 aliphatic rings. The molecule has 1 heterocycles. The molecule has 0 unspecified atom stereocenters. The zero-order valence-corrected chi connectivity index (χ0v) is 28.6. The fraction of sp³-hybridized carbons (Fsp3) is 0.118. The second-order valence-corrected chi connectivity index (χ2v) is 12.3. The van der Waals surface area contributed by atoms with Gasteiger partial charge < -0.3 is 20.1 Å². The lowest BCUT2D eigenvalue weighted by atomic mass is 10.1. The van der Waals surface area contributed by atoms with E-state index in [4.69, 9.17) is 21.1 Å². The van der Waals surface area contributed by atoms with Gasteiger partial charge >= 0.3 is 0 Å². The van der Waals surface area contributed by atoms with Crippen LogP contribution < -0.4 is 25.5 Å². The molecule has 4 aromatic carbocycles. The SMILES string of the molecule is CCOc1cc(/C=N/NC(=O)c2ccc(-c3csc(Nc4ccc(C)cc4)n3)cc2)cc(I)c1OCC(=O)Nc1ccccc1Cl. The highest BCUT2D eigenvalue weighted by Crippen LogP contribution is 2.34. The lowest BCUT2D eigenvalue weighted by molar-refractivity contribution is -0.118. The zero-order valence-electron chi connectivity index (χ0n) is 24.8. The van der Waals surface area contributed by atoms with Crippen LogP contribution in [0.25, 0.3) is 11.3 Å². The van der Waals surface area contributed by atoms with Crippen LogP contribution in [-0.4, -0.2) is 36.2 Å². The van der Waals surface area contributed by atoms with Crippen molar-refractivity contribution in [2.45, 2.75) is 13.8 Å². The van der Waals surface area contributed by atoms with E-state index in [0.717, 1.165) is 22.1 Å². The lowest BCUT2D eigenvalue weighted by Crippen LogP contribution is -2.21. The molecule has 0 aliphatic carbocycles. The normalized spacial score (nSPS) is 10.9. The van der Waals surface area contributed by atoms with E-state index >= 15 is 0 Å². The standard InChI is InChI=1S/C34H29ClIN5O4S/c1-3-44-30-17-22(16-27(36)32(30)45-19-31(42)39-28-7-5-4-6-26(28)35)18-37-41-33(43)24-12-10-23(11-13-24)29-20-46-34(40-29)38-25-14-8-21(2)9-15-25/h4-18,20H,3,19H2,1-2H3,(H,38,40)(H,39,42)(H,41,43)/b37-18+. The van der Waals surface area contributed by atoms with E-state index in [2.05, 4.69) is 48.7 Å². The van der Waals surface area contributed by atoms with E-state index in [-0.39, 0.29) is 18.4 Å². The summed E-state index contributed by atoms with van der Waals surface area (Å²) < 4.78 is 12.3. The number of anilines is 3. The average molecular weight is 766 g/mol. The van der Waals surface area contributed by atoms with Crippen LogP contribution in [0.15, 0.2) is 95.4 Å². The summed E-state index contributed by atoms with van der Waals surface area (Å²) in [5, 5.41) is 13.4. The summed E-state index contributed by atoms with van der Waals surface area (Å²) in [6.07, 6.45) is 1.52. The molecular formula is C34H29ClIN5O4S. The highest BCUT2D eigenvalue weighted by Gasteiger charge is 2.15. The van der Waals surface area contributed by atoms with Gasteiger partial charge in [-0.3, -0.25) is 9.59 Å². The minimum atomic E-state index is -0.362. The molecule has 234 valence electrons. The number of amides is 2. The first kappa shape index (κ1) is 32.9. The molecule has 0 atom stereocenters. The van der Waals surface area contributed by atoms with Crippen LogP contribution in [0.4, 0.5) is 16.5 Å². The Bertz CT molecular complexity index is 1860. The number of aryl methyl sites for hydroxylation is 1. The third kappa shape index (κ3) is 8.83. The predicted octanol–water partition coefficient (Wildman–Crippen LogP) is 8.30. The van der Waals surface area contributed by atoms with Crippen molar-refractivity contribution in [3.8, 4) is 22.8 Å². The minimum Gasteiger partial charge on any atom is -0.490 e. The summed E-state index contributed by atoms with van der Waals surface area (Å²) in [7, 11) is 0. The molecule has 5 rings (SSSR count). The van der Waals surface area contributed by atoms with Gasteiger partial charge in [-0.05, 0) is 90.5 Å². The van der Waals surface area contributed by atoms with E-state index in [0.29, 0.717) is 43.5 Å². The summed E-state index contributed by atoms with van der Waals surface area (Å²) in [5.41, 5.74) is 8.08. The van der Waals surface area contributed by atoms with Crippen molar-refractivity contribution < 1.29 is 19.1 Å². The molecule has 5 aromatic rings. The number of rotatable bonds is 12. The highest BCUT2D eigenvalue weighted by atomic mass is 127. The van der Waals surface area contributed by atoms with Crippen molar-refractivity contribution in [2.75, 3.05) is 23.8 Å². The molecule has 0 spiro atoms. The largest absolute Gasteiger partial charge is 0.490 e. The minimum absolute atomic E-state index is 0.239. The molecule has 3 N–H and O–H groups in total. The number of aromatic nitrogens is 1. The van der Waals surface area contributed by atoms with Crippen molar-refractivity contribution in [2.24, 2.45) is 5.10 Å². The number of nitrogens with zero attached hydrogens (tertiary/aromatic N) is 2. The number of nitrogens with one attached hydrogen (secondary N) is 3. The third-order valence-corrected chi connectivity index (χ3v) is 8.35. The van der Waals surface area contributed by atoms with E-state index in [1.54, 1.807) is 42.5 Å². The Morgan fingerprint density at radius 3 is 2.52 bits per heavy atom. The Balaban J connectivity index is 1.17. The van der Waals surface area contributed by atoms with Crippen molar-refractivity contribution >= 4 is 80.1 Å². The Morgan fingerprint density at radius 2 is 1.78 bits per heavy atom. The van der Waals surface area contributed by atoms with Gasteiger partial charge in [-0.1, -0.05) is 53.6 Å². The summed E-state index contributed by atoms with van der Waals surface area (Å²) in [5.74, 6) is 0.157. The van der Waals surface area contributed by atoms with Crippen molar-refractivity contribution in [3.05, 3.63) is 116 Å². The lowest BCUT2D eigenvalue weighted by Gasteiger charge is -2.15. The van der Waals surface area contributed by atoms with Gasteiger partial charge in [0.25, 0.3) is 11.8 Å². The Labute approximate surface area is 289 Å². The van der Waals surface area contributed by atoms with E-state index in [1.807, 2.05) is 61.7 Å². The second-order valence-electron chi connectivity index (χ2n) is 9.89. The summed E-state index contributed by atoms with van der Waals surface area (Å²) in [6, 6.07) is 25.8. The molecule has 0 fully saturated rings. The maximum Gasteiger partial charge on any atom is 0.271 e. The van der Waals surface area contributed by atoms with Crippen LogP contribution in [0.3, 0.4) is 0 Å². The first-order chi connectivity index (χ1) is 22.3. The van der Waals surface area contributed by atoms with E-state index in [9.17, 15) is 9.59 Å². The molecule has 9 nitrogen and oxygen atoms in total. The van der Waals surface area contributed by atoms with Gasteiger partial charge in [-0.2, -0.15) is 5.10 Å². The van der Waals surface area contributed by atoms with Gasteiger partial charge in [-0.25, -0.2) is 10.4 Å². The molecule has 46 heavy (non-hydrogen) atoms. The van der Waals surface area contributed by atoms with E-state index < -0.39 is 0 Å². The maximum absolute atomic E-state index is 12.8. The van der Waals surface area contributed by atoms with Gasteiger partial charge in [0.1, 0.15) is 0 Å². The molecule has 0 saturated heterocycles. The maximum atomic E-state index is 12.8. The summed E-state index contributed by atoms with van der Waals surface area (Å²) >= 11 is 9.74. The number of hydrogen-bond acceptors (Lipinski definition) is 8. The van der Waals surface area contributed by atoms with E-state index in [1.165, 1.54) is 23.1 Å². The first-order valence-electron chi connectivity index (χ1n) is 14.2. The van der Waals surface area contributed by atoms with Gasteiger partial charge in [0, 0.05) is 22.2 Å². The van der Waals surface area contributed by atoms with Gasteiger partial charge in [-0.15, -0.1) is 11.3 Å². The summed E-state index contributed by atoms with van der Waals surface area (Å²) in [6.45, 7) is 4.05. The summed E-state index contributed by atoms with van der Waals surface area (Å²) in [4.78, 5) is 29.9. The number of ether oxygens (including phenoxy) is 2. The molecule has 0 radical (unpaired) electrons. The molecule has 0 bridgehead atoms. The number of hydrogen-bond donors (Lipinski definition) is 3. The monoisotopic (exact) mass is 765 g/mol. The molecule has 0 aliphatic heterocycles. The van der Waals surface area contributed by atoms with Crippen LogP contribution in [-0.2, 0) is 4.79 Å². The fourth-order valence-corrected chi connectivity index (χ4v) is 5.90. The second kappa shape index (κ2) is 15.7. The van der Waals surface area contributed by atoms with Crippen LogP contribution in [0, 0.1) is 10.5 Å². The first-order valence-corrected chi connectivity index (χ1v) is 16.5. The fourth-order valence-electron chi connectivity index (χ4n) is 4.20. The third-order valence-electron chi connectivity index (χ3n) is 6.46. The Kier molecular flexibility index (Phi) is 11.2. The van der Waals surface area contributed by atoms with Crippen LogP contribution in [0.5, 0.6) is 11.5 Å². The van der Waals surface area contributed by atoms with Crippen LogP contribution >= 0.6 is 45.5 Å². The number of hydrazone groups is 1. The number of carbonyl (C=O) groups is 2. The Morgan fingerprint density at radius 1 is 1.02 bits per heavy atom. The average Bonchev–Trinajstić information content (AvgIpc) is 3.51. The number of para-hydroxylation sites is 1.